The van der Waals surface area contributed by atoms with Crippen molar-refractivity contribution >= 4 is 16.0 Å². The largest absolute Gasteiger partial charge is 0.478 e. The SMILES string of the molecule is Cc1ccc(C(=O)O)cc1S(=O)(=O)N1CCOCC1CO. The smallest absolute Gasteiger partial charge is 0.335 e. The van der Waals surface area contributed by atoms with E-state index in [1.165, 1.54) is 16.4 Å². The molecule has 1 aromatic rings. The molecule has 1 unspecified atom stereocenters. The summed E-state index contributed by atoms with van der Waals surface area (Å²) >= 11 is 0. The second-order valence-corrected chi connectivity index (χ2v) is 6.67. The number of carboxylic acids is 1. The molecule has 0 aromatic heterocycles. The van der Waals surface area contributed by atoms with Crippen molar-refractivity contribution in [1.29, 1.82) is 0 Å². The van der Waals surface area contributed by atoms with Crippen LogP contribution in [-0.2, 0) is 14.8 Å². The maximum atomic E-state index is 12.7. The molecule has 1 aliphatic rings. The molecule has 0 spiro atoms. The molecule has 2 N–H and O–H groups in total. The Bertz CT molecular complexity index is 642. The molecule has 0 aliphatic carbocycles. The lowest BCUT2D eigenvalue weighted by atomic mass is 10.1. The van der Waals surface area contributed by atoms with E-state index in [1.807, 2.05) is 0 Å². The van der Waals surface area contributed by atoms with Crippen molar-refractivity contribution in [3.8, 4) is 0 Å². The molecule has 0 amide bonds. The number of aliphatic hydroxyl groups is 1. The van der Waals surface area contributed by atoms with Gasteiger partial charge in [-0.1, -0.05) is 6.07 Å². The van der Waals surface area contributed by atoms with Crippen LogP contribution in [0, 0.1) is 6.92 Å². The average molecular weight is 315 g/mol. The normalized spacial score (nSPS) is 20.4. The van der Waals surface area contributed by atoms with Crippen LogP contribution in [0.3, 0.4) is 0 Å². The summed E-state index contributed by atoms with van der Waals surface area (Å²) < 4.78 is 31.8. The van der Waals surface area contributed by atoms with Gasteiger partial charge in [0.1, 0.15) is 0 Å². The van der Waals surface area contributed by atoms with Crippen LogP contribution < -0.4 is 0 Å². The van der Waals surface area contributed by atoms with E-state index in [0.717, 1.165) is 6.07 Å². The number of benzene rings is 1. The number of rotatable bonds is 4. The maximum absolute atomic E-state index is 12.7. The number of morpholine rings is 1. The van der Waals surface area contributed by atoms with E-state index in [0.29, 0.717) is 5.56 Å². The fourth-order valence-electron chi connectivity index (χ4n) is 2.24. The Hall–Kier alpha value is -1.48. The minimum atomic E-state index is -3.88. The van der Waals surface area contributed by atoms with Crippen LogP contribution in [0.1, 0.15) is 15.9 Å². The number of aliphatic hydroxyl groups excluding tert-OH is 1. The Morgan fingerprint density at radius 2 is 2.19 bits per heavy atom. The van der Waals surface area contributed by atoms with E-state index in [9.17, 15) is 18.3 Å². The van der Waals surface area contributed by atoms with Crippen molar-refractivity contribution in [2.24, 2.45) is 0 Å². The van der Waals surface area contributed by atoms with Crippen LogP contribution in [0.2, 0.25) is 0 Å². The lowest BCUT2D eigenvalue weighted by Crippen LogP contribution is -2.50. The van der Waals surface area contributed by atoms with Gasteiger partial charge in [-0.2, -0.15) is 4.31 Å². The molecule has 21 heavy (non-hydrogen) atoms. The highest BCUT2D eigenvalue weighted by molar-refractivity contribution is 7.89. The summed E-state index contributed by atoms with van der Waals surface area (Å²) in [5.74, 6) is -1.19. The molecule has 0 saturated carbocycles. The molecular formula is C13H17NO6S. The van der Waals surface area contributed by atoms with Gasteiger partial charge in [-0.15, -0.1) is 0 Å². The molecule has 1 heterocycles. The standard InChI is InChI=1S/C13H17NO6S/c1-9-2-3-10(13(16)17)6-12(9)21(18,19)14-4-5-20-8-11(14)7-15/h2-3,6,11,15H,4-5,7-8H2,1H3,(H,16,17). The van der Waals surface area contributed by atoms with Crippen LogP contribution in [0.15, 0.2) is 23.1 Å². The number of aryl methyl sites for hydroxylation is 1. The van der Waals surface area contributed by atoms with Crippen molar-refractivity contribution in [1.82, 2.24) is 4.31 Å². The molecule has 2 rings (SSSR count). The molecule has 1 aromatic carbocycles. The Labute approximate surface area is 122 Å². The Morgan fingerprint density at radius 3 is 2.81 bits per heavy atom. The second kappa shape index (κ2) is 6.10. The quantitative estimate of drug-likeness (QED) is 0.815. The second-order valence-electron chi connectivity index (χ2n) is 4.81. The van der Waals surface area contributed by atoms with Gasteiger partial charge >= 0.3 is 5.97 Å². The number of hydrogen-bond donors (Lipinski definition) is 2. The fraction of sp³-hybridized carbons (Fsp3) is 0.462. The van der Waals surface area contributed by atoms with E-state index >= 15 is 0 Å². The fourth-order valence-corrected chi connectivity index (χ4v) is 4.08. The minimum absolute atomic E-state index is 0.0530. The van der Waals surface area contributed by atoms with Crippen LogP contribution in [0.25, 0.3) is 0 Å². The minimum Gasteiger partial charge on any atom is -0.478 e. The van der Waals surface area contributed by atoms with Crippen molar-refractivity contribution < 1.29 is 28.2 Å². The van der Waals surface area contributed by atoms with Crippen molar-refractivity contribution in [2.75, 3.05) is 26.4 Å². The number of hydrogen-bond acceptors (Lipinski definition) is 5. The number of aromatic carboxylic acids is 1. The van der Waals surface area contributed by atoms with Gasteiger partial charge in [0.05, 0.1) is 36.3 Å². The molecule has 0 bridgehead atoms. The molecular weight excluding hydrogens is 298 g/mol. The Morgan fingerprint density at radius 1 is 1.48 bits per heavy atom. The van der Waals surface area contributed by atoms with E-state index in [4.69, 9.17) is 9.84 Å². The topological polar surface area (TPSA) is 104 Å². The molecule has 116 valence electrons. The summed E-state index contributed by atoms with van der Waals surface area (Å²) in [6, 6.07) is 3.32. The first-order valence-electron chi connectivity index (χ1n) is 6.42. The van der Waals surface area contributed by atoms with E-state index < -0.39 is 22.0 Å². The zero-order chi connectivity index (χ0) is 15.6. The molecule has 1 aliphatic heterocycles. The van der Waals surface area contributed by atoms with Gasteiger partial charge in [-0.05, 0) is 24.6 Å². The molecule has 1 fully saturated rings. The summed E-state index contributed by atoms with van der Waals surface area (Å²) in [7, 11) is -3.88. The molecule has 8 heteroatoms. The van der Waals surface area contributed by atoms with Crippen molar-refractivity contribution in [3.63, 3.8) is 0 Å². The number of carbonyl (C=O) groups is 1. The van der Waals surface area contributed by atoms with Gasteiger partial charge < -0.3 is 14.9 Å². The zero-order valence-corrected chi connectivity index (χ0v) is 12.3. The third-order valence-corrected chi connectivity index (χ3v) is 5.50. The lowest BCUT2D eigenvalue weighted by molar-refractivity contribution is 0.0109. The van der Waals surface area contributed by atoms with Gasteiger partial charge in [0.15, 0.2) is 0 Å². The third-order valence-electron chi connectivity index (χ3n) is 3.41. The average Bonchev–Trinajstić information content (AvgIpc) is 2.47. The molecule has 1 atom stereocenters. The predicted molar refractivity (Wildman–Crippen MR) is 73.7 cm³/mol. The van der Waals surface area contributed by atoms with E-state index in [1.54, 1.807) is 6.92 Å². The van der Waals surface area contributed by atoms with Gasteiger partial charge in [0, 0.05) is 6.54 Å². The van der Waals surface area contributed by atoms with Crippen LogP contribution in [0.4, 0.5) is 0 Å². The van der Waals surface area contributed by atoms with Crippen molar-refractivity contribution in [3.05, 3.63) is 29.3 Å². The van der Waals surface area contributed by atoms with Gasteiger partial charge in [0.2, 0.25) is 10.0 Å². The van der Waals surface area contributed by atoms with Crippen molar-refractivity contribution in [2.45, 2.75) is 17.9 Å². The van der Waals surface area contributed by atoms with Crippen LogP contribution in [-0.4, -0.2) is 61.3 Å². The Kier molecular flexibility index (Phi) is 4.62. The van der Waals surface area contributed by atoms with Gasteiger partial charge in [-0.25, -0.2) is 13.2 Å². The summed E-state index contributed by atoms with van der Waals surface area (Å²) in [5.41, 5.74) is 0.371. The first kappa shape index (κ1) is 15.9. The first-order chi connectivity index (χ1) is 9.87. The molecule has 0 radical (unpaired) electrons. The summed E-state index contributed by atoms with van der Waals surface area (Å²) in [6.45, 7) is 1.74. The number of nitrogens with zero attached hydrogens (tertiary/aromatic N) is 1. The third kappa shape index (κ3) is 3.08. The predicted octanol–water partition coefficient (Wildman–Crippen LogP) is 0.0750. The summed E-state index contributed by atoms with van der Waals surface area (Å²) in [6.07, 6.45) is 0. The molecule has 1 saturated heterocycles. The maximum Gasteiger partial charge on any atom is 0.335 e. The lowest BCUT2D eigenvalue weighted by Gasteiger charge is -2.33. The summed E-state index contributed by atoms with van der Waals surface area (Å²) in [4.78, 5) is 11.0. The number of sulfonamides is 1. The highest BCUT2D eigenvalue weighted by atomic mass is 32.2. The number of carboxylic acid groups (broad SMARTS) is 1. The molecule has 7 nitrogen and oxygen atoms in total. The van der Waals surface area contributed by atoms with Crippen LogP contribution >= 0.6 is 0 Å². The monoisotopic (exact) mass is 315 g/mol. The van der Waals surface area contributed by atoms with Gasteiger partial charge in [-0.3, -0.25) is 0 Å². The highest BCUT2D eigenvalue weighted by Gasteiger charge is 2.34. The van der Waals surface area contributed by atoms with E-state index in [2.05, 4.69) is 0 Å². The first-order valence-corrected chi connectivity index (χ1v) is 7.86. The van der Waals surface area contributed by atoms with E-state index in [-0.39, 0.29) is 36.8 Å². The van der Waals surface area contributed by atoms with Gasteiger partial charge in [0.25, 0.3) is 0 Å². The zero-order valence-electron chi connectivity index (χ0n) is 11.5. The number of ether oxygens (including phenoxy) is 1. The Balaban J connectivity index is 2.47. The summed E-state index contributed by atoms with van der Waals surface area (Å²) in [5, 5.41) is 18.3. The van der Waals surface area contributed by atoms with Crippen LogP contribution in [0.5, 0.6) is 0 Å². The highest BCUT2D eigenvalue weighted by Crippen LogP contribution is 2.24.